The maximum atomic E-state index is 5.43. The van der Waals surface area contributed by atoms with Crippen molar-refractivity contribution in [1.29, 1.82) is 0 Å². The highest BCUT2D eigenvalue weighted by Crippen LogP contribution is 2.01. The SMILES string of the molecule is COCCC(Cc1ccccn1)NN. The van der Waals surface area contributed by atoms with Crippen molar-refractivity contribution in [3.05, 3.63) is 30.1 Å². The van der Waals surface area contributed by atoms with E-state index in [1.165, 1.54) is 0 Å². The van der Waals surface area contributed by atoms with Crippen molar-refractivity contribution in [2.24, 2.45) is 5.84 Å². The molecule has 14 heavy (non-hydrogen) atoms. The molecule has 0 radical (unpaired) electrons. The summed E-state index contributed by atoms with van der Waals surface area (Å²) in [5.41, 5.74) is 3.81. The van der Waals surface area contributed by atoms with E-state index >= 15 is 0 Å². The number of hydrazine groups is 1. The number of aromatic nitrogens is 1. The number of pyridine rings is 1. The molecule has 0 amide bonds. The van der Waals surface area contributed by atoms with E-state index in [1.807, 2.05) is 18.2 Å². The van der Waals surface area contributed by atoms with Crippen LogP contribution in [0.2, 0.25) is 0 Å². The zero-order valence-corrected chi connectivity index (χ0v) is 8.44. The van der Waals surface area contributed by atoms with Crippen LogP contribution >= 0.6 is 0 Å². The van der Waals surface area contributed by atoms with E-state index in [0.717, 1.165) is 18.5 Å². The Morgan fingerprint density at radius 1 is 1.57 bits per heavy atom. The van der Waals surface area contributed by atoms with E-state index in [4.69, 9.17) is 10.6 Å². The molecule has 0 aliphatic carbocycles. The summed E-state index contributed by atoms with van der Waals surface area (Å²) in [6, 6.07) is 6.11. The van der Waals surface area contributed by atoms with Gasteiger partial charge in [-0.3, -0.25) is 16.3 Å². The van der Waals surface area contributed by atoms with Crippen LogP contribution in [0.3, 0.4) is 0 Å². The van der Waals surface area contributed by atoms with Crippen LogP contribution in [0.25, 0.3) is 0 Å². The highest BCUT2D eigenvalue weighted by atomic mass is 16.5. The Morgan fingerprint density at radius 2 is 2.43 bits per heavy atom. The van der Waals surface area contributed by atoms with Crippen molar-refractivity contribution in [2.75, 3.05) is 13.7 Å². The van der Waals surface area contributed by atoms with Crippen LogP contribution in [-0.4, -0.2) is 24.7 Å². The van der Waals surface area contributed by atoms with Gasteiger partial charge in [0.2, 0.25) is 0 Å². The molecule has 4 nitrogen and oxygen atoms in total. The molecule has 0 fully saturated rings. The van der Waals surface area contributed by atoms with E-state index < -0.39 is 0 Å². The average molecular weight is 195 g/mol. The number of nitrogens with two attached hydrogens (primary N) is 1. The molecule has 1 unspecified atom stereocenters. The molecule has 0 aliphatic heterocycles. The first-order valence-corrected chi connectivity index (χ1v) is 4.71. The minimum Gasteiger partial charge on any atom is -0.385 e. The Labute approximate surface area is 84.4 Å². The summed E-state index contributed by atoms with van der Waals surface area (Å²) in [6.07, 6.45) is 3.52. The van der Waals surface area contributed by atoms with Crippen molar-refractivity contribution < 1.29 is 4.74 Å². The van der Waals surface area contributed by atoms with E-state index in [1.54, 1.807) is 13.3 Å². The van der Waals surface area contributed by atoms with Crippen LogP contribution in [0.1, 0.15) is 12.1 Å². The number of hydrogen-bond acceptors (Lipinski definition) is 4. The lowest BCUT2D eigenvalue weighted by Crippen LogP contribution is -2.37. The second-order valence-electron chi connectivity index (χ2n) is 3.17. The van der Waals surface area contributed by atoms with E-state index in [-0.39, 0.29) is 6.04 Å². The van der Waals surface area contributed by atoms with Gasteiger partial charge in [0.25, 0.3) is 0 Å². The van der Waals surface area contributed by atoms with Crippen LogP contribution in [0.15, 0.2) is 24.4 Å². The number of nitrogens with zero attached hydrogens (tertiary/aromatic N) is 1. The van der Waals surface area contributed by atoms with Gasteiger partial charge in [-0.05, 0) is 18.6 Å². The molecule has 3 N–H and O–H groups in total. The molecule has 1 aromatic heterocycles. The Bertz CT molecular complexity index is 240. The molecule has 1 aromatic rings. The molecule has 1 rings (SSSR count). The predicted molar refractivity (Wildman–Crippen MR) is 55.5 cm³/mol. The Morgan fingerprint density at radius 3 is 3.00 bits per heavy atom. The lowest BCUT2D eigenvalue weighted by atomic mass is 10.1. The predicted octanol–water partition coefficient (Wildman–Crippen LogP) is 0.493. The second-order valence-corrected chi connectivity index (χ2v) is 3.17. The highest BCUT2D eigenvalue weighted by Gasteiger charge is 2.07. The summed E-state index contributed by atoms with van der Waals surface area (Å²) in [5, 5.41) is 0. The number of ether oxygens (including phenoxy) is 1. The molecule has 0 aliphatic rings. The fourth-order valence-electron chi connectivity index (χ4n) is 1.28. The number of nitrogens with one attached hydrogen (secondary N) is 1. The molecular formula is C10H17N3O. The van der Waals surface area contributed by atoms with Gasteiger partial charge in [0.1, 0.15) is 0 Å². The van der Waals surface area contributed by atoms with Gasteiger partial charge in [0, 0.05) is 38.1 Å². The zero-order chi connectivity index (χ0) is 10.2. The first kappa shape index (κ1) is 11.1. The van der Waals surface area contributed by atoms with Gasteiger partial charge in [-0.1, -0.05) is 6.07 Å². The normalized spacial score (nSPS) is 12.7. The van der Waals surface area contributed by atoms with Crippen LogP contribution in [0.4, 0.5) is 0 Å². The lowest BCUT2D eigenvalue weighted by Gasteiger charge is -2.14. The largest absolute Gasteiger partial charge is 0.385 e. The fourth-order valence-corrected chi connectivity index (χ4v) is 1.28. The van der Waals surface area contributed by atoms with E-state index in [9.17, 15) is 0 Å². The van der Waals surface area contributed by atoms with E-state index in [0.29, 0.717) is 6.61 Å². The number of hydrogen-bond donors (Lipinski definition) is 2. The molecule has 4 heteroatoms. The molecule has 0 bridgehead atoms. The number of methoxy groups -OCH3 is 1. The third-order valence-corrected chi connectivity index (χ3v) is 2.09. The van der Waals surface area contributed by atoms with Crippen LogP contribution < -0.4 is 11.3 Å². The summed E-state index contributed by atoms with van der Waals surface area (Å²) < 4.78 is 5.00. The maximum absolute atomic E-state index is 5.43. The summed E-state index contributed by atoms with van der Waals surface area (Å²) in [7, 11) is 1.69. The van der Waals surface area contributed by atoms with Gasteiger partial charge in [-0.15, -0.1) is 0 Å². The standard InChI is InChI=1S/C10H17N3O/c1-14-7-5-10(13-11)8-9-4-2-3-6-12-9/h2-4,6,10,13H,5,7-8,11H2,1H3. The smallest absolute Gasteiger partial charge is 0.0477 e. The monoisotopic (exact) mass is 195 g/mol. The van der Waals surface area contributed by atoms with Gasteiger partial charge in [-0.25, -0.2) is 0 Å². The van der Waals surface area contributed by atoms with Crippen molar-refractivity contribution in [1.82, 2.24) is 10.4 Å². The maximum Gasteiger partial charge on any atom is 0.0477 e. The molecule has 0 saturated heterocycles. The Kier molecular flexibility index (Phi) is 5.14. The first-order valence-electron chi connectivity index (χ1n) is 4.71. The van der Waals surface area contributed by atoms with Gasteiger partial charge in [-0.2, -0.15) is 0 Å². The van der Waals surface area contributed by atoms with Crippen molar-refractivity contribution >= 4 is 0 Å². The first-order chi connectivity index (χ1) is 6.86. The van der Waals surface area contributed by atoms with Crippen molar-refractivity contribution in [2.45, 2.75) is 18.9 Å². The van der Waals surface area contributed by atoms with Gasteiger partial charge in [0.05, 0.1) is 0 Å². The molecule has 78 valence electrons. The third-order valence-electron chi connectivity index (χ3n) is 2.09. The topological polar surface area (TPSA) is 60.2 Å². The van der Waals surface area contributed by atoms with Gasteiger partial charge >= 0.3 is 0 Å². The lowest BCUT2D eigenvalue weighted by molar-refractivity contribution is 0.182. The average Bonchev–Trinajstić information content (AvgIpc) is 2.25. The minimum absolute atomic E-state index is 0.227. The number of rotatable bonds is 6. The Hall–Kier alpha value is -0.970. The quantitative estimate of drug-likeness (QED) is 0.512. The molecule has 0 aromatic carbocycles. The Balaban J connectivity index is 2.40. The van der Waals surface area contributed by atoms with Gasteiger partial charge in [0.15, 0.2) is 0 Å². The minimum atomic E-state index is 0.227. The second kappa shape index (κ2) is 6.48. The molecule has 0 spiro atoms. The molecule has 1 heterocycles. The van der Waals surface area contributed by atoms with Crippen LogP contribution in [0, 0.1) is 0 Å². The summed E-state index contributed by atoms with van der Waals surface area (Å²) in [6.45, 7) is 0.710. The fraction of sp³-hybridized carbons (Fsp3) is 0.500. The summed E-state index contributed by atoms with van der Waals surface area (Å²) >= 11 is 0. The molecule has 1 atom stereocenters. The van der Waals surface area contributed by atoms with Crippen LogP contribution in [0.5, 0.6) is 0 Å². The molecule has 0 saturated carbocycles. The highest BCUT2D eigenvalue weighted by molar-refractivity contribution is 5.05. The zero-order valence-electron chi connectivity index (χ0n) is 8.44. The molecular weight excluding hydrogens is 178 g/mol. The van der Waals surface area contributed by atoms with E-state index in [2.05, 4.69) is 10.4 Å². The summed E-state index contributed by atoms with van der Waals surface area (Å²) in [4.78, 5) is 4.24. The van der Waals surface area contributed by atoms with Crippen molar-refractivity contribution in [3.8, 4) is 0 Å². The van der Waals surface area contributed by atoms with Crippen LogP contribution in [-0.2, 0) is 11.2 Å². The van der Waals surface area contributed by atoms with Gasteiger partial charge < -0.3 is 4.74 Å². The third kappa shape index (κ3) is 3.83. The van der Waals surface area contributed by atoms with Crippen molar-refractivity contribution in [3.63, 3.8) is 0 Å². The summed E-state index contributed by atoms with van der Waals surface area (Å²) in [5.74, 6) is 5.43.